The Kier molecular flexibility index (Phi) is 3.29. The molecule has 1 aliphatic rings. The predicted molar refractivity (Wildman–Crippen MR) is 73.9 cm³/mol. The number of hydrogen-bond acceptors (Lipinski definition) is 2. The summed E-state index contributed by atoms with van der Waals surface area (Å²) in [5, 5.41) is 2.89. The molecule has 3 nitrogen and oxygen atoms in total. The molecule has 3 rings (SSSR count). The Bertz CT molecular complexity index is 580. The largest absolute Gasteiger partial charge is 0.363 e. The molecule has 1 aliphatic heterocycles. The first-order valence-electron chi connectivity index (χ1n) is 6.40. The maximum atomic E-state index is 12.3. The van der Waals surface area contributed by atoms with Crippen molar-refractivity contribution in [3.05, 3.63) is 65.7 Å². The third kappa shape index (κ3) is 2.51. The number of hydrogen-bond donors (Lipinski definition) is 1. The number of amides is 1. The normalized spacial score (nSPS) is 17.6. The number of nitrogens with one attached hydrogen (secondary N) is 1. The molecule has 3 heteroatoms. The second kappa shape index (κ2) is 5.24. The van der Waals surface area contributed by atoms with E-state index in [9.17, 15) is 4.79 Å². The Balaban J connectivity index is 1.82. The summed E-state index contributed by atoms with van der Waals surface area (Å²) in [5.41, 5.74) is 2.96. The Morgan fingerprint density at radius 2 is 1.79 bits per heavy atom. The van der Waals surface area contributed by atoms with E-state index in [0.29, 0.717) is 6.61 Å². The molecule has 0 bridgehead atoms. The van der Waals surface area contributed by atoms with Gasteiger partial charge in [-0.15, -0.1) is 0 Å². The van der Waals surface area contributed by atoms with E-state index in [1.54, 1.807) is 0 Å². The molecule has 0 aliphatic carbocycles. The summed E-state index contributed by atoms with van der Waals surface area (Å²) in [5.74, 6) is -0.113. The quantitative estimate of drug-likeness (QED) is 0.893. The topological polar surface area (TPSA) is 38.3 Å². The molecule has 1 amide bonds. The van der Waals surface area contributed by atoms with Gasteiger partial charge in [0.2, 0.25) is 0 Å². The lowest BCUT2D eigenvalue weighted by Crippen LogP contribution is -2.28. The van der Waals surface area contributed by atoms with Gasteiger partial charge in [-0.25, -0.2) is 0 Å². The van der Waals surface area contributed by atoms with E-state index in [4.69, 9.17) is 4.74 Å². The van der Waals surface area contributed by atoms with E-state index in [2.05, 4.69) is 11.4 Å². The van der Waals surface area contributed by atoms with Crippen LogP contribution in [0.1, 0.15) is 17.2 Å². The highest BCUT2D eigenvalue weighted by Crippen LogP contribution is 2.27. The standard InChI is InChI=1S/C16H15NO2/c18-16(17-13-7-2-1-3-8-13)15-14-9-5-4-6-12(14)10-11-19-15/h1-9,15H,10-11H2,(H,17,18). The average molecular weight is 253 g/mol. The van der Waals surface area contributed by atoms with E-state index in [-0.39, 0.29) is 5.91 Å². The molecule has 96 valence electrons. The zero-order chi connectivity index (χ0) is 13.1. The molecular formula is C16H15NO2. The smallest absolute Gasteiger partial charge is 0.258 e. The van der Waals surface area contributed by atoms with Crippen molar-refractivity contribution in [2.24, 2.45) is 0 Å². The lowest BCUT2D eigenvalue weighted by Gasteiger charge is -2.25. The highest BCUT2D eigenvalue weighted by Gasteiger charge is 2.26. The van der Waals surface area contributed by atoms with Gasteiger partial charge in [-0.3, -0.25) is 4.79 Å². The Morgan fingerprint density at radius 3 is 2.63 bits per heavy atom. The fourth-order valence-electron chi connectivity index (χ4n) is 2.34. The van der Waals surface area contributed by atoms with Gasteiger partial charge in [0, 0.05) is 5.69 Å². The van der Waals surface area contributed by atoms with Crippen molar-refractivity contribution >= 4 is 11.6 Å². The molecule has 2 aromatic carbocycles. The van der Waals surface area contributed by atoms with E-state index in [1.165, 1.54) is 5.56 Å². The number of anilines is 1. The first kappa shape index (κ1) is 11.9. The van der Waals surface area contributed by atoms with Crippen molar-refractivity contribution in [2.75, 3.05) is 11.9 Å². The third-order valence-corrected chi connectivity index (χ3v) is 3.27. The molecular weight excluding hydrogens is 238 g/mol. The molecule has 1 unspecified atom stereocenters. The van der Waals surface area contributed by atoms with E-state index >= 15 is 0 Å². The minimum Gasteiger partial charge on any atom is -0.363 e. The van der Waals surface area contributed by atoms with Gasteiger partial charge in [-0.2, -0.15) is 0 Å². The summed E-state index contributed by atoms with van der Waals surface area (Å²) in [6.45, 7) is 0.587. The van der Waals surface area contributed by atoms with Gasteiger partial charge in [0.05, 0.1) is 6.61 Å². The molecule has 0 fully saturated rings. The molecule has 0 saturated heterocycles. The second-order valence-corrected chi connectivity index (χ2v) is 4.55. The SMILES string of the molecule is O=C(Nc1ccccc1)C1OCCc2ccccc21. The van der Waals surface area contributed by atoms with Gasteiger partial charge in [0.15, 0.2) is 6.10 Å². The van der Waals surface area contributed by atoms with Gasteiger partial charge in [-0.1, -0.05) is 42.5 Å². The highest BCUT2D eigenvalue weighted by atomic mass is 16.5. The van der Waals surface area contributed by atoms with Crippen LogP contribution in [0.2, 0.25) is 0 Å². The number of benzene rings is 2. The lowest BCUT2D eigenvalue weighted by atomic mass is 9.97. The third-order valence-electron chi connectivity index (χ3n) is 3.27. The van der Waals surface area contributed by atoms with Gasteiger partial charge in [0.1, 0.15) is 0 Å². The Labute approximate surface area is 112 Å². The number of fused-ring (bicyclic) bond motifs is 1. The molecule has 1 atom stereocenters. The predicted octanol–water partition coefficient (Wildman–Crippen LogP) is 2.94. The summed E-state index contributed by atoms with van der Waals surface area (Å²) in [7, 11) is 0. The van der Waals surface area contributed by atoms with Crippen LogP contribution in [0, 0.1) is 0 Å². The van der Waals surface area contributed by atoms with Crippen LogP contribution in [0.15, 0.2) is 54.6 Å². The van der Waals surface area contributed by atoms with Gasteiger partial charge < -0.3 is 10.1 Å². The van der Waals surface area contributed by atoms with E-state index in [1.807, 2.05) is 48.5 Å². The van der Waals surface area contributed by atoms with Crippen LogP contribution in [-0.2, 0) is 16.0 Å². The molecule has 0 radical (unpaired) electrons. The number of para-hydroxylation sites is 1. The Hall–Kier alpha value is -2.13. The van der Waals surface area contributed by atoms with Crippen LogP contribution >= 0.6 is 0 Å². The van der Waals surface area contributed by atoms with Crippen LogP contribution in [0.25, 0.3) is 0 Å². The maximum Gasteiger partial charge on any atom is 0.258 e. The molecule has 0 saturated carbocycles. The van der Waals surface area contributed by atoms with E-state index in [0.717, 1.165) is 17.7 Å². The number of ether oxygens (including phenoxy) is 1. The molecule has 2 aromatic rings. The average Bonchev–Trinajstić information content (AvgIpc) is 2.47. The van der Waals surface area contributed by atoms with Gasteiger partial charge >= 0.3 is 0 Å². The lowest BCUT2D eigenvalue weighted by molar-refractivity contribution is -0.128. The number of carbonyl (C=O) groups excluding carboxylic acids is 1. The molecule has 0 spiro atoms. The van der Waals surface area contributed by atoms with Crippen molar-refractivity contribution in [2.45, 2.75) is 12.5 Å². The summed E-state index contributed by atoms with van der Waals surface area (Å²) in [6.07, 6.45) is 0.357. The second-order valence-electron chi connectivity index (χ2n) is 4.55. The van der Waals surface area contributed by atoms with Crippen LogP contribution in [0.5, 0.6) is 0 Å². The first-order valence-corrected chi connectivity index (χ1v) is 6.40. The van der Waals surface area contributed by atoms with Crippen LogP contribution in [0.3, 0.4) is 0 Å². The summed E-state index contributed by atoms with van der Waals surface area (Å²) >= 11 is 0. The van der Waals surface area contributed by atoms with Crippen molar-refractivity contribution < 1.29 is 9.53 Å². The summed E-state index contributed by atoms with van der Waals surface area (Å²) < 4.78 is 5.63. The zero-order valence-corrected chi connectivity index (χ0v) is 10.5. The molecule has 19 heavy (non-hydrogen) atoms. The van der Waals surface area contributed by atoms with Gasteiger partial charge in [-0.05, 0) is 29.7 Å². The molecule has 1 heterocycles. The maximum absolute atomic E-state index is 12.3. The minimum absolute atomic E-state index is 0.113. The summed E-state index contributed by atoms with van der Waals surface area (Å²) in [4.78, 5) is 12.3. The molecule has 1 N–H and O–H groups in total. The van der Waals surface area contributed by atoms with E-state index < -0.39 is 6.10 Å². The number of rotatable bonds is 2. The number of carbonyl (C=O) groups is 1. The van der Waals surface area contributed by atoms with Crippen molar-refractivity contribution in [3.63, 3.8) is 0 Å². The Morgan fingerprint density at radius 1 is 1.05 bits per heavy atom. The fourth-order valence-corrected chi connectivity index (χ4v) is 2.34. The summed E-state index contributed by atoms with van der Waals surface area (Å²) in [6, 6.07) is 17.4. The van der Waals surface area contributed by atoms with Crippen LogP contribution < -0.4 is 5.32 Å². The first-order chi connectivity index (χ1) is 9.34. The molecule has 0 aromatic heterocycles. The minimum atomic E-state index is -0.509. The van der Waals surface area contributed by atoms with Crippen molar-refractivity contribution in [1.82, 2.24) is 0 Å². The fraction of sp³-hybridized carbons (Fsp3) is 0.188. The van der Waals surface area contributed by atoms with Crippen molar-refractivity contribution in [1.29, 1.82) is 0 Å². The van der Waals surface area contributed by atoms with Gasteiger partial charge in [0.25, 0.3) is 5.91 Å². The van der Waals surface area contributed by atoms with Crippen LogP contribution in [0.4, 0.5) is 5.69 Å². The highest BCUT2D eigenvalue weighted by molar-refractivity contribution is 5.95. The van der Waals surface area contributed by atoms with Crippen molar-refractivity contribution in [3.8, 4) is 0 Å². The monoisotopic (exact) mass is 253 g/mol. The van der Waals surface area contributed by atoms with Crippen LogP contribution in [-0.4, -0.2) is 12.5 Å². The zero-order valence-electron chi connectivity index (χ0n) is 10.5.